The van der Waals surface area contributed by atoms with Crippen LogP contribution in [0.25, 0.3) is 0 Å². The molecule has 1 heterocycles. The van der Waals surface area contributed by atoms with E-state index in [2.05, 4.69) is 31.9 Å². The Morgan fingerprint density at radius 2 is 2.11 bits per heavy atom. The highest BCUT2D eigenvalue weighted by molar-refractivity contribution is 5.48. The van der Waals surface area contributed by atoms with E-state index in [1.165, 1.54) is 5.56 Å². The maximum absolute atomic E-state index is 10.5. The number of phenols is 1. The SMILES string of the molecule is Cc1ccc(C(C)C)c(C2CC(CN)CN2C)c1O. The molecular weight excluding hydrogens is 236 g/mol. The van der Waals surface area contributed by atoms with Crippen LogP contribution in [0.5, 0.6) is 5.75 Å². The van der Waals surface area contributed by atoms with Crippen LogP contribution in [0.1, 0.15) is 48.9 Å². The van der Waals surface area contributed by atoms with Crippen molar-refractivity contribution in [3.05, 3.63) is 28.8 Å². The van der Waals surface area contributed by atoms with E-state index in [1.54, 1.807) is 0 Å². The number of nitrogens with two attached hydrogens (primary N) is 1. The van der Waals surface area contributed by atoms with Crippen molar-refractivity contribution >= 4 is 0 Å². The summed E-state index contributed by atoms with van der Waals surface area (Å²) >= 11 is 0. The Morgan fingerprint density at radius 1 is 1.42 bits per heavy atom. The minimum atomic E-state index is 0.297. The topological polar surface area (TPSA) is 49.5 Å². The fraction of sp³-hybridized carbons (Fsp3) is 0.625. The molecule has 0 aromatic heterocycles. The first-order valence-corrected chi connectivity index (χ1v) is 7.18. The molecule has 0 amide bonds. The lowest BCUT2D eigenvalue weighted by atomic mass is 9.88. The van der Waals surface area contributed by atoms with Gasteiger partial charge in [0, 0.05) is 18.2 Å². The summed E-state index contributed by atoms with van der Waals surface area (Å²) in [7, 11) is 2.13. The molecule has 2 atom stereocenters. The van der Waals surface area contributed by atoms with Crippen LogP contribution in [-0.4, -0.2) is 30.1 Å². The zero-order chi connectivity index (χ0) is 14.2. The van der Waals surface area contributed by atoms with E-state index in [0.717, 1.165) is 30.6 Å². The lowest BCUT2D eigenvalue weighted by molar-refractivity contribution is 0.303. The largest absolute Gasteiger partial charge is 0.507 e. The summed E-state index contributed by atoms with van der Waals surface area (Å²) in [4.78, 5) is 2.33. The molecule has 106 valence electrons. The maximum atomic E-state index is 10.5. The zero-order valence-electron chi connectivity index (χ0n) is 12.5. The van der Waals surface area contributed by atoms with E-state index in [4.69, 9.17) is 5.73 Å². The molecule has 1 fully saturated rings. The summed E-state index contributed by atoms with van der Waals surface area (Å²) in [5.74, 6) is 1.43. The predicted molar refractivity (Wildman–Crippen MR) is 79.5 cm³/mol. The Kier molecular flexibility index (Phi) is 4.16. The first-order valence-electron chi connectivity index (χ1n) is 7.18. The molecule has 0 bridgehead atoms. The Balaban J connectivity index is 2.46. The summed E-state index contributed by atoms with van der Waals surface area (Å²) in [6.07, 6.45) is 1.05. The third-order valence-corrected chi connectivity index (χ3v) is 4.38. The molecule has 19 heavy (non-hydrogen) atoms. The molecule has 3 heteroatoms. The van der Waals surface area contributed by atoms with Crippen molar-refractivity contribution in [3.8, 4) is 5.75 Å². The van der Waals surface area contributed by atoms with Gasteiger partial charge >= 0.3 is 0 Å². The standard InChI is InChI=1S/C16H26N2O/c1-10(2)13-6-5-11(3)16(19)15(13)14-7-12(8-17)9-18(14)4/h5-6,10,12,14,19H,7-9,17H2,1-4H3. The number of aromatic hydroxyl groups is 1. The number of nitrogens with zero attached hydrogens (tertiary/aromatic N) is 1. The second kappa shape index (κ2) is 5.51. The predicted octanol–water partition coefficient (Wildman–Crippen LogP) is 2.78. The number of hydrogen-bond donors (Lipinski definition) is 2. The Bertz CT molecular complexity index is 456. The first kappa shape index (κ1) is 14.4. The van der Waals surface area contributed by atoms with Gasteiger partial charge in [-0.05, 0) is 49.9 Å². The van der Waals surface area contributed by atoms with Gasteiger partial charge < -0.3 is 10.8 Å². The zero-order valence-corrected chi connectivity index (χ0v) is 12.5. The van der Waals surface area contributed by atoms with E-state index >= 15 is 0 Å². The third kappa shape index (κ3) is 2.63. The Hall–Kier alpha value is -1.06. The highest BCUT2D eigenvalue weighted by Crippen LogP contribution is 2.42. The van der Waals surface area contributed by atoms with Crippen molar-refractivity contribution in [2.45, 2.75) is 39.2 Å². The van der Waals surface area contributed by atoms with Gasteiger partial charge in [0.25, 0.3) is 0 Å². The Morgan fingerprint density at radius 3 is 2.63 bits per heavy atom. The monoisotopic (exact) mass is 262 g/mol. The van der Waals surface area contributed by atoms with Crippen molar-refractivity contribution in [1.82, 2.24) is 4.90 Å². The van der Waals surface area contributed by atoms with Gasteiger partial charge in [0.1, 0.15) is 5.75 Å². The van der Waals surface area contributed by atoms with Crippen LogP contribution in [0.15, 0.2) is 12.1 Å². The molecule has 1 saturated heterocycles. The molecule has 0 radical (unpaired) electrons. The lowest BCUT2D eigenvalue weighted by Crippen LogP contribution is -2.21. The molecule has 1 aliphatic heterocycles. The summed E-state index contributed by atoms with van der Waals surface area (Å²) in [6, 6.07) is 4.48. The molecule has 0 spiro atoms. The number of hydrogen-bond acceptors (Lipinski definition) is 3. The van der Waals surface area contributed by atoms with Gasteiger partial charge in [-0.25, -0.2) is 0 Å². The van der Waals surface area contributed by atoms with Gasteiger partial charge in [-0.15, -0.1) is 0 Å². The highest BCUT2D eigenvalue weighted by atomic mass is 16.3. The molecule has 1 aromatic rings. The smallest absolute Gasteiger partial charge is 0.123 e. The Labute approximate surface area is 116 Å². The van der Waals surface area contributed by atoms with Gasteiger partial charge in [0.2, 0.25) is 0 Å². The van der Waals surface area contributed by atoms with Crippen LogP contribution in [-0.2, 0) is 0 Å². The summed E-state index contributed by atoms with van der Waals surface area (Å²) in [6.45, 7) is 8.08. The molecule has 3 N–H and O–H groups in total. The second-order valence-electron chi connectivity index (χ2n) is 6.18. The van der Waals surface area contributed by atoms with Gasteiger partial charge in [-0.2, -0.15) is 0 Å². The van der Waals surface area contributed by atoms with Gasteiger partial charge in [0.05, 0.1) is 0 Å². The number of likely N-dealkylation sites (tertiary alicyclic amines) is 1. The van der Waals surface area contributed by atoms with Crippen molar-refractivity contribution < 1.29 is 5.11 Å². The normalized spacial score (nSPS) is 24.3. The van der Waals surface area contributed by atoms with E-state index in [-0.39, 0.29) is 0 Å². The number of rotatable bonds is 3. The maximum Gasteiger partial charge on any atom is 0.123 e. The van der Waals surface area contributed by atoms with Crippen molar-refractivity contribution in [2.24, 2.45) is 11.7 Å². The number of benzene rings is 1. The number of phenolic OH excluding ortho intramolecular Hbond substituents is 1. The molecule has 1 aliphatic rings. The minimum Gasteiger partial charge on any atom is -0.507 e. The summed E-state index contributed by atoms with van der Waals surface area (Å²) < 4.78 is 0. The minimum absolute atomic E-state index is 0.297. The molecule has 0 saturated carbocycles. The molecule has 2 rings (SSSR count). The molecule has 1 aromatic carbocycles. The van der Waals surface area contributed by atoms with Crippen molar-refractivity contribution in [1.29, 1.82) is 0 Å². The average molecular weight is 262 g/mol. The summed E-state index contributed by atoms with van der Waals surface area (Å²) in [5, 5.41) is 10.5. The van der Waals surface area contributed by atoms with Crippen LogP contribution < -0.4 is 5.73 Å². The fourth-order valence-corrected chi connectivity index (χ4v) is 3.20. The molecular formula is C16H26N2O. The average Bonchev–Trinajstić information content (AvgIpc) is 2.73. The molecule has 2 unspecified atom stereocenters. The van der Waals surface area contributed by atoms with E-state index in [0.29, 0.717) is 23.6 Å². The van der Waals surface area contributed by atoms with Crippen LogP contribution in [0, 0.1) is 12.8 Å². The lowest BCUT2D eigenvalue weighted by Gasteiger charge is -2.26. The van der Waals surface area contributed by atoms with E-state index in [9.17, 15) is 5.11 Å². The van der Waals surface area contributed by atoms with Crippen LogP contribution >= 0.6 is 0 Å². The molecule has 0 aliphatic carbocycles. The van der Waals surface area contributed by atoms with Crippen LogP contribution in [0.3, 0.4) is 0 Å². The first-order chi connectivity index (χ1) is 8.95. The van der Waals surface area contributed by atoms with Crippen LogP contribution in [0.2, 0.25) is 0 Å². The quantitative estimate of drug-likeness (QED) is 0.880. The highest BCUT2D eigenvalue weighted by Gasteiger charge is 2.33. The number of aryl methyl sites for hydroxylation is 1. The van der Waals surface area contributed by atoms with Crippen molar-refractivity contribution in [3.63, 3.8) is 0 Å². The van der Waals surface area contributed by atoms with E-state index in [1.807, 2.05) is 13.0 Å². The molecule has 3 nitrogen and oxygen atoms in total. The van der Waals surface area contributed by atoms with Crippen LogP contribution in [0.4, 0.5) is 0 Å². The van der Waals surface area contributed by atoms with E-state index < -0.39 is 0 Å². The fourth-order valence-electron chi connectivity index (χ4n) is 3.20. The van der Waals surface area contributed by atoms with Gasteiger partial charge in [-0.3, -0.25) is 4.90 Å². The van der Waals surface area contributed by atoms with Gasteiger partial charge in [0.15, 0.2) is 0 Å². The summed E-state index contributed by atoms with van der Waals surface area (Å²) in [5.41, 5.74) is 9.16. The second-order valence-corrected chi connectivity index (χ2v) is 6.18. The third-order valence-electron chi connectivity index (χ3n) is 4.38. The van der Waals surface area contributed by atoms with Crippen molar-refractivity contribution in [2.75, 3.05) is 20.1 Å². The van der Waals surface area contributed by atoms with Gasteiger partial charge in [-0.1, -0.05) is 26.0 Å².